The molecule has 1 fully saturated rings. The van der Waals surface area contributed by atoms with Crippen LogP contribution in [0.1, 0.15) is 26.2 Å². The normalized spacial score (nSPS) is 24.4. The van der Waals surface area contributed by atoms with Crippen molar-refractivity contribution in [2.24, 2.45) is 0 Å². The van der Waals surface area contributed by atoms with Crippen LogP contribution >= 0.6 is 0 Å². The highest BCUT2D eigenvalue weighted by Crippen LogP contribution is 2.23. The second-order valence-corrected chi connectivity index (χ2v) is 4.92. The Bertz CT molecular complexity index is 382. The van der Waals surface area contributed by atoms with Crippen molar-refractivity contribution in [3.8, 4) is 0 Å². The first-order valence-corrected chi connectivity index (χ1v) is 6.22. The number of benzene rings is 1. The zero-order valence-corrected chi connectivity index (χ0v) is 10.6. The Morgan fingerprint density at radius 3 is 2.59 bits per heavy atom. The van der Waals surface area contributed by atoms with Crippen LogP contribution in [-0.4, -0.2) is 25.0 Å². The van der Waals surface area contributed by atoms with Crippen LogP contribution in [0.25, 0.3) is 0 Å². The Labute approximate surface area is 103 Å². The molecule has 0 saturated carbocycles. The Hall–Kier alpha value is -1.35. The Kier molecular flexibility index (Phi) is 3.48. The molecule has 1 unspecified atom stereocenters. The van der Waals surface area contributed by atoms with Crippen molar-refractivity contribution in [3.05, 3.63) is 30.3 Å². The first kappa shape index (κ1) is 12.1. The lowest BCUT2D eigenvalue weighted by Gasteiger charge is -2.36. The Morgan fingerprint density at radius 1 is 1.29 bits per heavy atom. The minimum absolute atomic E-state index is 0.156. The number of hydrogen-bond donors (Lipinski definition) is 1. The zero-order chi connectivity index (χ0) is 12.3. The van der Waals surface area contributed by atoms with Crippen LogP contribution in [0.4, 0.5) is 5.69 Å². The molecule has 1 saturated heterocycles. The molecular weight excluding hydrogens is 212 g/mol. The summed E-state index contributed by atoms with van der Waals surface area (Å²) < 4.78 is 0. The molecule has 1 aromatic carbocycles. The Morgan fingerprint density at radius 2 is 2.00 bits per heavy atom. The molecule has 0 spiro atoms. The highest BCUT2D eigenvalue weighted by Gasteiger charge is 2.36. The number of carbonyl (C=O) groups excluding carboxylic acids is 1. The largest absolute Gasteiger partial charge is 0.314 e. The van der Waals surface area contributed by atoms with Gasteiger partial charge in [-0.25, -0.2) is 0 Å². The predicted molar refractivity (Wildman–Crippen MR) is 70.1 cm³/mol. The molecule has 1 aliphatic heterocycles. The number of para-hydroxylation sites is 1. The SMILES string of the molecule is CN(C(=O)C1(C)CCCCN1)c1ccccc1. The second-order valence-electron chi connectivity index (χ2n) is 4.92. The molecule has 1 amide bonds. The van der Waals surface area contributed by atoms with E-state index in [0.29, 0.717) is 0 Å². The number of carbonyl (C=O) groups is 1. The van der Waals surface area contributed by atoms with Crippen LogP contribution in [0.3, 0.4) is 0 Å². The quantitative estimate of drug-likeness (QED) is 0.847. The molecule has 1 aliphatic rings. The topological polar surface area (TPSA) is 32.3 Å². The summed E-state index contributed by atoms with van der Waals surface area (Å²) in [6.45, 7) is 2.94. The number of hydrogen-bond acceptors (Lipinski definition) is 2. The van der Waals surface area contributed by atoms with E-state index < -0.39 is 5.54 Å². The van der Waals surface area contributed by atoms with Crippen molar-refractivity contribution in [3.63, 3.8) is 0 Å². The first-order valence-electron chi connectivity index (χ1n) is 6.22. The summed E-state index contributed by atoms with van der Waals surface area (Å²) in [6.07, 6.45) is 3.21. The number of rotatable bonds is 2. The molecular formula is C14H20N2O. The van der Waals surface area contributed by atoms with Crippen LogP contribution in [0.2, 0.25) is 0 Å². The molecule has 2 rings (SSSR count). The van der Waals surface area contributed by atoms with E-state index in [0.717, 1.165) is 31.5 Å². The van der Waals surface area contributed by atoms with Crippen LogP contribution in [0, 0.1) is 0 Å². The molecule has 1 atom stereocenters. The summed E-state index contributed by atoms with van der Waals surface area (Å²) in [5, 5.41) is 3.35. The van der Waals surface area contributed by atoms with Gasteiger partial charge in [0, 0.05) is 12.7 Å². The van der Waals surface area contributed by atoms with E-state index in [1.807, 2.05) is 44.3 Å². The third-order valence-electron chi connectivity index (χ3n) is 3.54. The van der Waals surface area contributed by atoms with E-state index in [4.69, 9.17) is 0 Å². The molecule has 1 N–H and O–H groups in total. The fraction of sp³-hybridized carbons (Fsp3) is 0.500. The summed E-state index contributed by atoms with van der Waals surface area (Å²) in [6, 6.07) is 9.79. The third-order valence-corrected chi connectivity index (χ3v) is 3.54. The summed E-state index contributed by atoms with van der Waals surface area (Å²) in [5.74, 6) is 0.156. The van der Waals surface area contributed by atoms with Gasteiger partial charge in [-0.1, -0.05) is 18.2 Å². The summed E-state index contributed by atoms with van der Waals surface area (Å²) in [4.78, 5) is 14.2. The molecule has 3 heteroatoms. The smallest absolute Gasteiger partial charge is 0.246 e. The number of likely N-dealkylation sites (N-methyl/N-ethyl adjacent to an activating group) is 1. The Balaban J connectivity index is 2.14. The monoisotopic (exact) mass is 232 g/mol. The molecule has 0 aliphatic carbocycles. The number of amides is 1. The molecule has 0 aromatic heterocycles. The van der Waals surface area contributed by atoms with Gasteiger partial charge < -0.3 is 10.2 Å². The van der Waals surface area contributed by atoms with Crippen molar-refractivity contribution in [1.82, 2.24) is 5.32 Å². The lowest BCUT2D eigenvalue weighted by atomic mass is 9.89. The van der Waals surface area contributed by atoms with Gasteiger partial charge in [0.25, 0.3) is 0 Å². The van der Waals surface area contributed by atoms with E-state index >= 15 is 0 Å². The molecule has 1 aromatic rings. The fourth-order valence-electron chi connectivity index (χ4n) is 2.38. The minimum atomic E-state index is -0.400. The van der Waals surface area contributed by atoms with Crippen molar-refractivity contribution < 1.29 is 4.79 Å². The van der Waals surface area contributed by atoms with Gasteiger partial charge in [0.15, 0.2) is 0 Å². The van der Waals surface area contributed by atoms with Gasteiger partial charge in [0.1, 0.15) is 0 Å². The summed E-state index contributed by atoms with van der Waals surface area (Å²) >= 11 is 0. The van der Waals surface area contributed by atoms with Gasteiger partial charge in [0.05, 0.1) is 5.54 Å². The van der Waals surface area contributed by atoms with Crippen molar-refractivity contribution >= 4 is 11.6 Å². The molecule has 92 valence electrons. The third kappa shape index (κ3) is 2.50. The number of nitrogens with one attached hydrogen (secondary N) is 1. The molecule has 1 heterocycles. The van der Waals surface area contributed by atoms with Crippen molar-refractivity contribution in [1.29, 1.82) is 0 Å². The van der Waals surface area contributed by atoms with Gasteiger partial charge in [-0.15, -0.1) is 0 Å². The van der Waals surface area contributed by atoms with Gasteiger partial charge in [-0.2, -0.15) is 0 Å². The average molecular weight is 232 g/mol. The zero-order valence-electron chi connectivity index (χ0n) is 10.6. The molecule has 17 heavy (non-hydrogen) atoms. The maximum atomic E-state index is 12.5. The number of anilines is 1. The van der Waals surface area contributed by atoms with Gasteiger partial charge >= 0.3 is 0 Å². The van der Waals surface area contributed by atoms with E-state index in [-0.39, 0.29) is 5.91 Å². The van der Waals surface area contributed by atoms with E-state index in [1.54, 1.807) is 4.90 Å². The lowest BCUT2D eigenvalue weighted by molar-refractivity contribution is -0.124. The molecule has 3 nitrogen and oxygen atoms in total. The molecule has 0 bridgehead atoms. The number of piperidine rings is 1. The van der Waals surface area contributed by atoms with Crippen molar-refractivity contribution in [2.75, 3.05) is 18.5 Å². The van der Waals surface area contributed by atoms with E-state index in [2.05, 4.69) is 5.32 Å². The highest BCUT2D eigenvalue weighted by molar-refractivity contribution is 5.99. The van der Waals surface area contributed by atoms with Gasteiger partial charge in [0.2, 0.25) is 5.91 Å². The lowest BCUT2D eigenvalue weighted by Crippen LogP contribution is -2.57. The van der Waals surface area contributed by atoms with Crippen LogP contribution in [0.15, 0.2) is 30.3 Å². The minimum Gasteiger partial charge on any atom is -0.314 e. The van der Waals surface area contributed by atoms with E-state index in [9.17, 15) is 4.79 Å². The van der Waals surface area contributed by atoms with E-state index in [1.165, 1.54) is 0 Å². The second kappa shape index (κ2) is 4.88. The van der Waals surface area contributed by atoms with Gasteiger partial charge in [-0.3, -0.25) is 4.79 Å². The van der Waals surface area contributed by atoms with Crippen molar-refractivity contribution in [2.45, 2.75) is 31.7 Å². The fourth-order valence-corrected chi connectivity index (χ4v) is 2.38. The summed E-state index contributed by atoms with van der Waals surface area (Å²) in [5.41, 5.74) is 0.550. The maximum Gasteiger partial charge on any atom is 0.246 e. The molecule has 0 radical (unpaired) electrons. The van der Waals surface area contributed by atoms with Crippen LogP contribution in [-0.2, 0) is 4.79 Å². The van der Waals surface area contributed by atoms with Crippen LogP contribution in [0.5, 0.6) is 0 Å². The standard InChI is InChI=1S/C14H20N2O/c1-14(10-6-7-11-15-14)13(17)16(2)12-8-4-3-5-9-12/h3-5,8-9,15H,6-7,10-11H2,1-2H3. The maximum absolute atomic E-state index is 12.5. The first-order chi connectivity index (χ1) is 8.13. The summed E-state index contributed by atoms with van der Waals surface area (Å²) in [7, 11) is 1.85. The predicted octanol–water partition coefficient (Wildman–Crippen LogP) is 2.18. The average Bonchev–Trinajstić information content (AvgIpc) is 2.39. The van der Waals surface area contributed by atoms with Gasteiger partial charge in [-0.05, 0) is 44.9 Å². The number of nitrogens with zero attached hydrogens (tertiary/aromatic N) is 1. The van der Waals surface area contributed by atoms with Crippen LogP contribution < -0.4 is 10.2 Å². The highest BCUT2D eigenvalue weighted by atomic mass is 16.2.